The van der Waals surface area contributed by atoms with Gasteiger partial charge in [-0.25, -0.2) is 0 Å². The molecule has 0 aromatic rings. The van der Waals surface area contributed by atoms with E-state index in [0.29, 0.717) is 6.04 Å². The van der Waals surface area contributed by atoms with Gasteiger partial charge in [0.15, 0.2) is 0 Å². The molecule has 0 amide bonds. The molecule has 0 atom stereocenters. The van der Waals surface area contributed by atoms with Crippen molar-refractivity contribution in [2.45, 2.75) is 101 Å². The van der Waals surface area contributed by atoms with Crippen LogP contribution < -0.4 is 0 Å². The SMILES string of the molecule is C[N+](C)(C)CCC[N+](C)(C)C1CC2(CCCCC2)N(O)C2(CCCCC2)C1. The fourth-order valence-electron chi connectivity index (χ4n) is 6.51. The molecule has 2 saturated carbocycles. The number of nitrogens with zero attached hydrogens (tertiary/aromatic N) is 3. The van der Waals surface area contributed by atoms with Gasteiger partial charge in [-0.15, -0.1) is 0 Å². The van der Waals surface area contributed by atoms with Crippen LogP contribution in [0.4, 0.5) is 0 Å². The monoisotopic (exact) mass is 381 g/mol. The van der Waals surface area contributed by atoms with E-state index in [-0.39, 0.29) is 11.1 Å². The fraction of sp³-hybridized carbons (Fsp3) is 1.00. The maximum absolute atomic E-state index is 11.5. The van der Waals surface area contributed by atoms with E-state index in [1.807, 2.05) is 5.06 Å². The highest BCUT2D eigenvalue weighted by Crippen LogP contribution is 2.52. The Kier molecular flexibility index (Phi) is 6.33. The van der Waals surface area contributed by atoms with Crippen molar-refractivity contribution in [3.8, 4) is 0 Å². The molecule has 1 aliphatic heterocycles. The quantitative estimate of drug-likeness (QED) is 0.713. The van der Waals surface area contributed by atoms with Crippen LogP contribution in [-0.2, 0) is 0 Å². The Bertz CT molecular complexity index is 456. The first-order valence-corrected chi connectivity index (χ1v) is 11.7. The van der Waals surface area contributed by atoms with E-state index in [1.54, 1.807) is 0 Å². The summed E-state index contributed by atoms with van der Waals surface area (Å²) in [6.07, 6.45) is 16.4. The smallest absolute Gasteiger partial charge is 0.0923 e. The topological polar surface area (TPSA) is 23.5 Å². The van der Waals surface area contributed by atoms with Crippen molar-refractivity contribution in [1.29, 1.82) is 0 Å². The molecule has 27 heavy (non-hydrogen) atoms. The van der Waals surface area contributed by atoms with Crippen LogP contribution in [0, 0.1) is 0 Å². The normalized spacial score (nSPS) is 29.3. The molecule has 1 N–H and O–H groups in total. The fourth-order valence-corrected chi connectivity index (χ4v) is 6.51. The van der Waals surface area contributed by atoms with E-state index in [2.05, 4.69) is 35.2 Å². The van der Waals surface area contributed by atoms with Crippen molar-refractivity contribution in [2.75, 3.05) is 48.3 Å². The Balaban J connectivity index is 1.79. The minimum absolute atomic E-state index is 0.0636. The van der Waals surface area contributed by atoms with Crippen LogP contribution in [0.5, 0.6) is 0 Å². The van der Waals surface area contributed by atoms with Gasteiger partial charge in [0.2, 0.25) is 0 Å². The second-order valence-electron chi connectivity index (χ2n) is 11.8. The lowest BCUT2D eigenvalue weighted by atomic mass is 9.64. The van der Waals surface area contributed by atoms with Crippen LogP contribution >= 0.6 is 0 Å². The first-order valence-electron chi connectivity index (χ1n) is 11.7. The molecule has 4 nitrogen and oxygen atoms in total. The van der Waals surface area contributed by atoms with Crippen LogP contribution in [0.1, 0.15) is 83.5 Å². The number of piperidine rings is 1. The van der Waals surface area contributed by atoms with Crippen molar-refractivity contribution in [1.82, 2.24) is 5.06 Å². The molecule has 1 saturated heterocycles. The van der Waals surface area contributed by atoms with E-state index in [1.165, 1.54) is 96.6 Å². The number of hydrogen-bond donors (Lipinski definition) is 1. The van der Waals surface area contributed by atoms with Gasteiger partial charge in [0.05, 0.1) is 65.4 Å². The first kappa shape index (κ1) is 21.5. The van der Waals surface area contributed by atoms with Gasteiger partial charge in [0, 0.05) is 19.3 Å². The highest BCUT2D eigenvalue weighted by molar-refractivity contribution is 5.06. The van der Waals surface area contributed by atoms with Gasteiger partial charge < -0.3 is 14.2 Å². The molecule has 2 spiro atoms. The average molecular weight is 382 g/mol. The predicted molar refractivity (Wildman–Crippen MR) is 113 cm³/mol. The summed E-state index contributed by atoms with van der Waals surface area (Å²) >= 11 is 0. The molecule has 1 heterocycles. The molecule has 0 bridgehead atoms. The number of hydroxylamine groups is 2. The zero-order valence-corrected chi connectivity index (χ0v) is 19.0. The van der Waals surface area contributed by atoms with Crippen LogP contribution in [0.25, 0.3) is 0 Å². The Morgan fingerprint density at radius 1 is 0.741 bits per heavy atom. The molecule has 158 valence electrons. The maximum atomic E-state index is 11.5. The van der Waals surface area contributed by atoms with Crippen LogP contribution in [-0.4, -0.2) is 84.7 Å². The van der Waals surface area contributed by atoms with E-state index in [0.717, 1.165) is 8.97 Å². The molecule has 0 radical (unpaired) electrons. The van der Waals surface area contributed by atoms with Crippen LogP contribution in [0.2, 0.25) is 0 Å². The summed E-state index contributed by atoms with van der Waals surface area (Å²) < 4.78 is 2.19. The van der Waals surface area contributed by atoms with Crippen molar-refractivity contribution in [2.24, 2.45) is 0 Å². The Morgan fingerprint density at radius 2 is 1.19 bits per heavy atom. The van der Waals surface area contributed by atoms with Gasteiger partial charge in [-0.2, -0.15) is 5.06 Å². The molecular weight excluding hydrogens is 334 g/mol. The minimum Gasteiger partial charge on any atom is -0.331 e. The Morgan fingerprint density at radius 3 is 1.59 bits per heavy atom. The Labute approximate surface area is 168 Å². The lowest BCUT2D eigenvalue weighted by Crippen LogP contribution is -2.70. The lowest BCUT2D eigenvalue weighted by molar-refractivity contribution is -0.925. The molecule has 3 aliphatic rings. The number of rotatable bonds is 5. The van der Waals surface area contributed by atoms with E-state index >= 15 is 0 Å². The van der Waals surface area contributed by atoms with Crippen LogP contribution in [0.3, 0.4) is 0 Å². The first-order chi connectivity index (χ1) is 12.6. The highest BCUT2D eigenvalue weighted by Gasteiger charge is 2.57. The van der Waals surface area contributed by atoms with Gasteiger partial charge in [-0.1, -0.05) is 38.5 Å². The summed E-state index contributed by atoms with van der Waals surface area (Å²) in [5.74, 6) is 0. The Hall–Kier alpha value is -0.160. The third-order valence-electron chi connectivity index (χ3n) is 8.25. The van der Waals surface area contributed by atoms with E-state index in [4.69, 9.17) is 0 Å². The van der Waals surface area contributed by atoms with E-state index in [9.17, 15) is 5.21 Å². The van der Waals surface area contributed by atoms with Gasteiger partial charge in [0.1, 0.15) is 0 Å². The molecule has 3 fully saturated rings. The zero-order valence-electron chi connectivity index (χ0n) is 19.0. The number of quaternary nitrogens is 2. The van der Waals surface area contributed by atoms with Crippen molar-refractivity contribution >= 4 is 0 Å². The minimum atomic E-state index is 0.0636. The van der Waals surface area contributed by atoms with E-state index < -0.39 is 0 Å². The van der Waals surface area contributed by atoms with Gasteiger partial charge in [0.25, 0.3) is 0 Å². The summed E-state index contributed by atoms with van der Waals surface area (Å²) in [6, 6.07) is 0.692. The highest BCUT2D eigenvalue weighted by atomic mass is 16.5. The van der Waals surface area contributed by atoms with Gasteiger partial charge >= 0.3 is 0 Å². The molecule has 3 rings (SSSR count). The third kappa shape index (κ3) is 4.71. The predicted octanol–water partition coefficient (Wildman–Crippen LogP) is 4.42. The summed E-state index contributed by atoms with van der Waals surface area (Å²) in [4.78, 5) is 0. The summed E-state index contributed by atoms with van der Waals surface area (Å²) in [5.41, 5.74) is 0.127. The summed E-state index contributed by atoms with van der Waals surface area (Å²) in [7, 11) is 11.9. The zero-order chi connectivity index (χ0) is 19.8. The number of hydrogen-bond acceptors (Lipinski definition) is 2. The summed E-state index contributed by atoms with van der Waals surface area (Å²) in [5, 5.41) is 13.5. The van der Waals surface area contributed by atoms with Gasteiger partial charge in [-0.05, 0) is 25.7 Å². The largest absolute Gasteiger partial charge is 0.331 e. The lowest BCUT2D eigenvalue weighted by Gasteiger charge is -2.61. The molecule has 2 aliphatic carbocycles. The second-order valence-corrected chi connectivity index (χ2v) is 11.8. The molecule has 0 unspecified atom stereocenters. The molecular formula is C23H47N3O+2. The third-order valence-corrected chi connectivity index (χ3v) is 8.25. The van der Waals surface area contributed by atoms with Crippen molar-refractivity contribution in [3.63, 3.8) is 0 Å². The van der Waals surface area contributed by atoms with Gasteiger partial charge in [-0.3, -0.25) is 0 Å². The maximum Gasteiger partial charge on any atom is 0.0923 e. The average Bonchev–Trinajstić information content (AvgIpc) is 2.60. The molecule has 0 aromatic carbocycles. The molecule has 4 heteroatoms. The van der Waals surface area contributed by atoms with Crippen LogP contribution in [0.15, 0.2) is 0 Å². The molecule has 0 aromatic heterocycles. The van der Waals surface area contributed by atoms with Crippen molar-refractivity contribution < 1.29 is 14.2 Å². The standard InChI is InChI=1S/C23H47N3O/c1-25(2,3)17-12-18-26(4,5)21-19-22(13-8-6-9-14-22)24(27)23(20-21)15-10-7-11-16-23/h21,27H,6-20H2,1-5H3/q+2. The second kappa shape index (κ2) is 7.93. The summed E-state index contributed by atoms with van der Waals surface area (Å²) in [6.45, 7) is 2.51. The van der Waals surface area contributed by atoms with Crippen molar-refractivity contribution in [3.05, 3.63) is 0 Å².